The van der Waals surface area contributed by atoms with E-state index in [4.69, 9.17) is 9.40 Å². The highest BCUT2D eigenvalue weighted by molar-refractivity contribution is 6.28. The number of aromatic nitrogens is 3. The van der Waals surface area contributed by atoms with Gasteiger partial charge in [-0.25, -0.2) is 4.98 Å². The van der Waals surface area contributed by atoms with E-state index >= 15 is 0 Å². The Kier molecular flexibility index (Phi) is 7.48. The molecule has 0 saturated carbocycles. The van der Waals surface area contributed by atoms with E-state index in [0.29, 0.717) is 0 Å². The average molecular weight is 699 g/mol. The number of benzene rings is 6. The van der Waals surface area contributed by atoms with Crippen molar-refractivity contribution in [1.82, 2.24) is 14.1 Å². The highest BCUT2D eigenvalue weighted by Crippen LogP contribution is 2.45. The molecule has 0 spiro atoms. The first-order valence-electron chi connectivity index (χ1n) is 18.6. The van der Waals surface area contributed by atoms with E-state index in [0.717, 1.165) is 89.6 Å². The molecule has 0 radical (unpaired) electrons. The van der Waals surface area contributed by atoms with Gasteiger partial charge in [0.2, 0.25) is 0 Å². The molecule has 1 atom stereocenters. The molecule has 5 nitrogen and oxygen atoms in total. The molecule has 6 aromatic carbocycles. The third-order valence-electron chi connectivity index (χ3n) is 10.9. The molecule has 4 aromatic heterocycles. The molecular weight excluding hydrogens is 661 g/mol. The lowest BCUT2D eigenvalue weighted by Crippen LogP contribution is -2.28. The molecule has 10 rings (SSSR count). The van der Waals surface area contributed by atoms with Gasteiger partial charge in [-0.05, 0) is 92.6 Å². The molecular formula is C49H38N4O. The highest BCUT2D eigenvalue weighted by atomic mass is 16.3. The van der Waals surface area contributed by atoms with Crippen molar-refractivity contribution in [3.05, 3.63) is 176 Å². The van der Waals surface area contributed by atoms with Crippen molar-refractivity contribution in [3.8, 4) is 11.5 Å². The van der Waals surface area contributed by atoms with Gasteiger partial charge < -0.3 is 13.9 Å². The van der Waals surface area contributed by atoms with Crippen molar-refractivity contribution in [2.75, 3.05) is 4.90 Å². The number of allylic oxidation sites excluding steroid dienone is 2. The second-order valence-corrected chi connectivity index (χ2v) is 13.9. The van der Waals surface area contributed by atoms with Crippen molar-refractivity contribution >= 4 is 77.1 Å². The number of fused-ring (bicyclic) bond motifs is 11. The zero-order chi connectivity index (χ0) is 36.3. The fourth-order valence-electron chi connectivity index (χ4n) is 8.39. The van der Waals surface area contributed by atoms with Gasteiger partial charge in [-0.3, -0.25) is 4.57 Å². The Bertz CT molecular complexity index is 3090. The standard InChI is InChI=1S/C49H38N4O/c1-4-6-17-33-18-10-13-23-39(33)51(32(3)5-2)44-26-16-27-45(50-44)53-41-25-15-12-22-38(41)47-43(53)31-29-36-35-28-30-42-46(48(35)54-49(36)47)37-21-11-14-24-40(37)52(42)34-19-8-7-9-20-34/h4-16,18-32H,2,17H2,1,3H3/b6-4-. The molecule has 260 valence electrons. The molecule has 1 unspecified atom stereocenters. The summed E-state index contributed by atoms with van der Waals surface area (Å²) < 4.78 is 11.8. The molecule has 54 heavy (non-hydrogen) atoms. The van der Waals surface area contributed by atoms with Crippen LogP contribution in [-0.4, -0.2) is 20.2 Å². The minimum atomic E-state index is 0.0116. The van der Waals surface area contributed by atoms with Gasteiger partial charge >= 0.3 is 0 Å². The predicted molar refractivity (Wildman–Crippen MR) is 227 cm³/mol. The minimum Gasteiger partial charge on any atom is -0.455 e. The first-order valence-corrected chi connectivity index (χ1v) is 18.6. The predicted octanol–water partition coefficient (Wildman–Crippen LogP) is 13.0. The maximum absolute atomic E-state index is 7.13. The number of hydrogen-bond acceptors (Lipinski definition) is 3. The van der Waals surface area contributed by atoms with Gasteiger partial charge in [0.05, 0.1) is 38.9 Å². The lowest BCUT2D eigenvalue weighted by Gasteiger charge is -2.30. The first-order chi connectivity index (χ1) is 26.7. The van der Waals surface area contributed by atoms with Crippen LogP contribution in [-0.2, 0) is 6.42 Å². The van der Waals surface area contributed by atoms with Crippen molar-refractivity contribution in [2.24, 2.45) is 0 Å². The number of pyridine rings is 1. The summed E-state index contributed by atoms with van der Waals surface area (Å²) in [5, 5.41) is 6.72. The number of rotatable bonds is 8. The summed E-state index contributed by atoms with van der Waals surface area (Å²) in [6.45, 7) is 8.41. The van der Waals surface area contributed by atoms with Gasteiger partial charge in [-0.2, -0.15) is 0 Å². The zero-order valence-electron chi connectivity index (χ0n) is 30.3. The summed E-state index contributed by atoms with van der Waals surface area (Å²) >= 11 is 0. The third kappa shape index (κ3) is 4.75. The maximum atomic E-state index is 7.13. The quantitative estimate of drug-likeness (QED) is 0.148. The normalized spacial score (nSPS) is 12.6. The van der Waals surface area contributed by atoms with E-state index in [9.17, 15) is 0 Å². The van der Waals surface area contributed by atoms with Crippen LogP contribution >= 0.6 is 0 Å². The molecule has 0 saturated heterocycles. The van der Waals surface area contributed by atoms with Gasteiger partial charge in [-0.15, -0.1) is 6.58 Å². The van der Waals surface area contributed by atoms with Gasteiger partial charge in [0.25, 0.3) is 0 Å². The maximum Gasteiger partial charge on any atom is 0.145 e. The summed E-state index contributed by atoms with van der Waals surface area (Å²) in [4.78, 5) is 7.69. The minimum absolute atomic E-state index is 0.0116. The summed E-state index contributed by atoms with van der Waals surface area (Å²) in [6, 6.07) is 51.6. The largest absolute Gasteiger partial charge is 0.455 e. The Morgan fingerprint density at radius 2 is 1.24 bits per heavy atom. The Hall–Kier alpha value is -6.85. The van der Waals surface area contributed by atoms with E-state index in [2.05, 4.69) is 192 Å². The summed E-state index contributed by atoms with van der Waals surface area (Å²) in [7, 11) is 0. The molecule has 4 heterocycles. The smallest absolute Gasteiger partial charge is 0.145 e. The van der Waals surface area contributed by atoms with Crippen LogP contribution < -0.4 is 4.90 Å². The van der Waals surface area contributed by atoms with Crippen LogP contribution in [0.15, 0.2) is 175 Å². The van der Waals surface area contributed by atoms with Crippen LogP contribution in [0.25, 0.3) is 77.1 Å². The fourth-order valence-corrected chi connectivity index (χ4v) is 8.39. The Morgan fingerprint density at radius 3 is 1.93 bits per heavy atom. The van der Waals surface area contributed by atoms with Crippen LogP contribution in [0.1, 0.15) is 19.4 Å². The first kappa shape index (κ1) is 31.9. The monoisotopic (exact) mass is 698 g/mol. The van der Waals surface area contributed by atoms with Crippen molar-refractivity contribution < 1.29 is 4.42 Å². The molecule has 0 aliphatic heterocycles. The fraction of sp³-hybridized carbons (Fsp3) is 0.0816. The molecule has 0 aliphatic rings. The molecule has 10 aromatic rings. The van der Waals surface area contributed by atoms with Crippen LogP contribution in [0.5, 0.6) is 0 Å². The van der Waals surface area contributed by atoms with E-state index in [1.807, 2.05) is 6.08 Å². The Balaban J connectivity index is 1.22. The summed E-state index contributed by atoms with van der Waals surface area (Å²) in [5.41, 5.74) is 9.69. The van der Waals surface area contributed by atoms with Crippen molar-refractivity contribution in [2.45, 2.75) is 26.3 Å². The van der Waals surface area contributed by atoms with Crippen molar-refractivity contribution in [1.29, 1.82) is 0 Å². The van der Waals surface area contributed by atoms with Crippen molar-refractivity contribution in [3.63, 3.8) is 0 Å². The summed E-state index contributed by atoms with van der Waals surface area (Å²) in [6.07, 6.45) is 7.12. The highest BCUT2D eigenvalue weighted by Gasteiger charge is 2.24. The zero-order valence-corrected chi connectivity index (χ0v) is 30.3. The number of furan rings is 1. The second-order valence-electron chi connectivity index (χ2n) is 13.9. The molecule has 0 aliphatic carbocycles. The van der Waals surface area contributed by atoms with Crippen LogP contribution in [0.2, 0.25) is 0 Å². The lowest BCUT2D eigenvalue weighted by molar-refractivity contribution is 0.677. The molecule has 0 N–H and O–H groups in total. The topological polar surface area (TPSA) is 39.1 Å². The van der Waals surface area contributed by atoms with E-state index in [1.165, 1.54) is 10.9 Å². The van der Waals surface area contributed by atoms with Crippen LogP contribution in [0, 0.1) is 0 Å². The third-order valence-corrected chi connectivity index (χ3v) is 10.9. The van der Waals surface area contributed by atoms with E-state index < -0.39 is 0 Å². The Labute approximate surface area is 313 Å². The number of nitrogens with zero attached hydrogens (tertiary/aromatic N) is 4. The van der Waals surface area contributed by atoms with Crippen LogP contribution in [0.3, 0.4) is 0 Å². The number of hydrogen-bond donors (Lipinski definition) is 0. The Morgan fingerprint density at radius 1 is 0.630 bits per heavy atom. The van der Waals surface area contributed by atoms with E-state index in [-0.39, 0.29) is 6.04 Å². The SMILES string of the molecule is C=CC(C)N(c1cccc(-n2c3ccccc3c3c4oc5c(ccc6c5c5ccccc5n6-c5ccccc5)c4ccc32)n1)c1ccccc1C/C=C\C. The lowest BCUT2D eigenvalue weighted by atomic mass is 10.1. The summed E-state index contributed by atoms with van der Waals surface area (Å²) in [5.74, 6) is 1.70. The second kappa shape index (κ2) is 12.7. The number of para-hydroxylation sites is 4. The van der Waals surface area contributed by atoms with E-state index in [1.54, 1.807) is 0 Å². The van der Waals surface area contributed by atoms with Gasteiger partial charge in [-0.1, -0.05) is 97.1 Å². The van der Waals surface area contributed by atoms with Gasteiger partial charge in [0.15, 0.2) is 0 Å². The van der Waals surface area contributed by atoms with Gasteiger partial charge in [0, 0.05) is 32.9 Å². The number of anilines is 2. The molecule has 0 amide bonds. The molecule has 5 heteroatoms. The molecule has 0 fully saturated rings. The van der Waals surface area contributed by atoms with Crippen LogP contribution in [0.4, 0.5) is 11.5 Å². The van der Waals surface area contributed by atoms with Gasteiger partial charge in [0.1, 0.15) is 22.8 Å². The molecule has 0 bridgehead atoms. The average Bonchev–Trinajstić information content (AvgIpc) is 3.88.